The predicted molar refractivity (Wildman–Crippen MR) is 132 cm³/mol. The Morgan fingerprint density at radius 1 is 0.944 bits per heavy atom. The highest BCUT2D eigenvalue weighted by atomic mass is 16.6. The molecule has 0 bridgehead atoms. The van der Waals surface area contributed by atoms with Crippen LogP contribution in [-0.4, -0.2) is 21.7 Å². The van der Waals surface area contributed by atoms with Crippen LogP contribution in [0.4, 0.5) is 11.4 Å². The van der Waals surface area contributed by atoms with Gasteiger partial charge in [-0.05, 0) is 46.9 Å². The number of carbonyl (C=O) groups is 1. The molecule has 1 heterocycles. The zero-order valence-corrected chi connectivity index (χ0v) is 19.6. The molecule has 0 saturated heterocycles. The molecule has 3 aromatic rings. The molecule has 10 heteroatoms. The summed E-state index contributed by atoms with van der Waals surface area (Å²) < 4.78 is 10.9. The van der Waals surface area contributed by atoms with E-state index in [-0.39, 0.29) is 39.7 Å². The maximum absolute atomic E-state index is 12.3. The third kappa shape index (κ3) is 5.27. The summed E-state index contributed by atoms with van der Waals surface area (Å²) in [6.07, 6.45) is 1.33. The number of benzene rings is 3. The van der Waals surface area contributed by atoms with Crippen LogP contribution < -0.4 is 4.74 Å². The van der Waals surface area contributed by atoms with Gasteiger partial charge in [-0.25, -0.2) is 9.79 Å². The van der Waals surface area contributed by atoms with Crippen LogP contribution in [-0.2, 0) is 14.9 Å². The molecule has 36 heavy (non-hydrogen) atoms. The lowest BCUT2D eigenvalue weighted by Crippen LogP contribution is -2.10. The van der Waals surface area contributed by atoms with Crippen molar-refractivity contribution in [1.29, 1.82) is 0 Å². The first-order valence-electron chi connectivity index (χ1n) is 10.9. The molecule has 3 aromatic carbocycles. The molecule has 0 aromatic heterocycles. The van der Waals surface area contributed by atoms with Gasteiger partial charge in [-0.3, -0.25) is 20.2 Å². The number of hydrogen-bond donors (Lipinski definition) is 0. The second-order valence-corrected chi connectivity index (χ2v) is 9.00. The van der Waals surface area contributed by atoms with Gasteiger partial charge in [-0.15, -0.1) is 0 Å². The van der Waals surface area contributed by atoms with E-state index in [1.54, 1.807) is 18.2 Å². The number of cyclic esters (lactones) is 1. The maximum atomic E-state index is 12.3. The van der Waals surface area contributed by atoms with Crippen molar-refractivity contribution < 1.29 is 24.1 Å². The summed E-state index contributed by atoms with van der Waals surface area (Å²) in [6.45, 7) is 6.24. The molecule has 0 N–H and O–H groups in total. The summed E-state index contributed by atoms with van der Waals surface area (Å²) in [5.74, 6) is -0.384. The number of aliphatic imine (C=N–C) groups is 1. The standard InChI is InChI=1S/C26H21N3O7/c1-26(2,3)18-8-10-20(11-9-18)35-23-12-7-16(14-22(23)29(33)34)13-21-25(30)36-24(27-21)17-5-4-6-19(15-17)28(31)32/h4-15H,1-3H3. The van der Waals surface area contributed by atoms with E-state index in [4.69, 9.17) is 9.47 Å². The highest BCUT2D eigenvalue weighted by Gasteiger charge is 2.26. The predicted octanol–water partition coefficient (Wildman–Crippen LogP) is 5.94. The second kappa shape index (κ2) is 9.41. The van der Waals surface area contributed by atoms with E-state index in [1.807, 2.05) is 12.1 Å². The largest absolute Gasteiger partial charge is 0.450 e. The van der Waals surface area contributed by atoms with Gasteiger partial charge in [-0.1, -0.05) is 45.0 Å². The molecule has 1 aliphatic heterocycles. The molecular weight excluding hydrogens is 466 g/mol. The van der Waals surface area contributed by atoms with Crippen LogP contribution in [0.2, 0.25) is 0 Å². The molecule has 182 valence electrons. The lowest BCUT2D eigenvalue weighted by molar-refractivity contribution is -0.385. The Morgan fingerprint density at radius 3 is 2.31 bits per heavy atom. The van der Waals surface area contributed by atoms with Gasteiger partial charge in [0.05, 0.1) is 9.85 Å². The quantitative estimate of drug-likeness (QED) is 0.182. The molecule has 0 radical (unpaired) electrons. The third-order valence-electron chi connectivity index (χ3n) is 5.36. The minimum Gasteiger partial charge on any atom is -0.450 e. The molecule has 0 fully saturated rings. The zero-order chi connectivity index (χ0) is 26.0. The lowest BCUT2D eigenvalue weighted by Gasteiger charge is -2.19. The van der Waals surface area contributed by atoms with E-state index in [0.717, 1.165) is 5.56 Å². The Morgan fingerprint density at radius 2 is 1.67 bits per heavy atom. The summed E-state index contributed by atoms with van der Waals surface area (Å²) in [4.78, 5) is 38.0. The highest BCUT2D eigenvalue weighted by Crippen LogP contribution is 2.34. The lowest BCUT2D eigenvalue weighted by atomic mass is 9.87. The van der Waals surface area contributed by atoms with Crippen molar-refractivity contribution >= 4 is 29.3 Å². The normalized spacial score (nSPS) is 14.4. The number of nitrogens with zero attached hydrogens (tertiary/aromatic N) is 3. The minimum absolute atomic E-state index is 0.0421. The number of hydrogen-bond acceptors (Lipinski definition) is 8. The molecule has 0 atom stereocenters. The maximum Gasteiger partial charge on any atom is 0.363 e. The first-order valence-corrected chi connectivity index (χ1v) is 10.9. The van der Waals surface area contributed by atoms with Gasteiger partial charge >= 0.3 is 11.7 Å². The van der Waals surface area contributed by atoms with Gasteiger partial charge in [0.25, 0.3) is 5.69 Å². The molecule has 0 unspecified atom stereocenters. The Labute approximate surface area is 205 Å². The van der Waals surface area contributed by atoms with Gasteiger partial charge in [0.15, 0.2) is 5.70 Å². The fraction of sp³-hybridized carbons (Fsp3) is 0.154. The van der Waals surface area contributed by atoms with Crippen LogP contribution >= 0.6 is 0 Å². The molecule has 0 aliphatic carbocycles. The molecule has 0 spiro atoms. The van der Waals surface area contributed by atoms with Gasteiger partial charge in [0, 0.05) is 23.8 Å². The monoisotopic (exact) mass is 487 g/mol. The molecule has 0 saturated carbocycles. The number of rotatable bonds is 6. The van der Waals surface area contributed by atoms with Crippen LogP contribution in [0, 0.1) is 20.2 Å². The number of carbonyl (C=O) groups excluding carboxylic acids is 1. The molecule has 1 aliphatic rings. The van der Waals surface area contributed by atoms with E-state index in [1.165, 1.54) is 42.5 Å². The van der Waals surface area contributed by atoms with E-state index >= 15 is 0 Å². The fourth-order valence-corrected chi connectivity index (χ4v) is 3.45. The third-order valence-corrected chi connectivity index (χ3v) is 5.36. The van der Waals surface area contributed by atoms with Crippen molar-refractivity contribution in [1.82, 2.24) is 0 Å². The van der Waals surface area contributed by atoms with Crippen LogP contribution in [0.5, 0.6) is 11.5 Å². The van der Waals surface area contributed by atoms with Crippen molar-refractivity contribution in [2.45, 2.75) is 26.2 Å². The van der Waals surface area contributed by atoms with Crippen molar-refractivity contribution in [3.63, 3.8) is 0 Å². The summed E-state index contributed by atoms with van der Waals surface area (Å²) in [6, 6.07) is 17.1. The van der Waals surface area contributed by atoms with Gasteiger partial charge in [0.1, 0.15) is 5.75 Å². The molecule has 10 nitrogen and oxygen atoms in total. The number of esters is 1. The average molecular weight is 487 g/mol. The Kier molecular flexibility index (Phi) is 6.35. The highest BCUT2D eigenvalue weighted by molar-refractivity contribution is 6.13. The average Bonchev–Trinajstić information content (AvgIpc) is 3.20. The van der Waals surface area contributed by atoms with Crippen LogP contribution in [0.15, 0.2) is 77.4 Å². The van der Waals surface area contributed by atoms with E-state index in [2.05, 4.69) is 25.8 Å². The number of ether oxygens (including phenoxy) is 2. The van der Waals surface area contributed by atoms with Gasteiger partial charge in [0.2, 0.25) is 11.6 Å². The van der Waals surface area contributed by atoms with Crippen LogP contribution in [0.3, 0.4) is 0 Å². The van der Waals surface area contributed by atoms with Crippen LogP contribution in [0.25, 0.3) is 6.08 Å². The Bertz CT molecular complexity index is 1430. The van der Waals surface area contributed by atoms with Crippen molar-refractivity contribution in [3.8, 4) is 11.5 Å². The Hall–Kier alpha value is -4.86. The zero-order valence-electron chi connectivity index (χ0n) is 19.6. The van der Waals surface area contributed by atoms with Crippen molar-refractivity contribution in [2.24, 2.45) is 4.99 Å². The van der Waals surface area contributed by atoms with Crippen LogP contribution in [0.1, 0.15) is 37.5 Å². The van der Waals surface area contributed by atoms with Crippen molar-refractivity contribution in [2.75, 3.05) is 0 Å². The van der Waals surface area contributed by atoms with Crippen molar-refractivity contribution in [3.05, 3.63) is 109 Å². The van der Waals surface area contributed by atoms with Gasteiger partial charge < -0.3 is 9.47 Å². The van der Waals surface area contributed by atoms with E-state index < -0.39 is 15.8 Å². The summed E-state index contributed by atoms with van der Waals surface area (Å²) >= 11 is 0. The Balaban J connectivity index is 1.61. The fourth-order valence-electron chi connectivity index (χ4n) is 3.45. The molecule has 4 rings (SSSR count). The molecular formula is C26H21N3O7. The summed E-state index contributed by atoms with van der Waals surface area (Å²) in [5, 5.41) is 22.7. The number of non-ortho nitro benzene ring substituents is 1. The van der Waals surface area contributed by atoms with Gasteiger partial charge in [-0.2, -0.15) is 0 Å². The van der Waals surface area contributed by atoms with E-state index in [9.17, 15) is 25.0 Å². The first kappa shape index (κ1) is 24.3. The number of nitro groups is 2. The topological polar surface area (TPSA) is 134 Å². The number of nitro benzene ring substituents is 2. The summed E-state index contributed by atoms with van der Waals surface area (Å²) in [7, 11) is 0. The second-order valence-electron chi connectivity index (χ2n) is 9.00. The summed E-state index contributed by atoms with van der Waals surface area (Å²) in [5.41, 5.74) is 1.07. The SMILES string of the molecule is CC(C)(C)c1ccc(Oc2ccc(C=C3N=C(c4cccc([N+](=O)[O-])c4)OC3=O)cc2[N+](=O)[O-])cc1. The van der Waals surface area contributed by atoms with E-state index in [0.29, 0.717) is 11.3 Å². The first-order chi connectivity index (χ1) is 17.0. The minimum atomic E-state index is -0.779. The smallest absolute Gasteiger partial charge is 0.363 e. The molecule has 0 amide bonds.